The van der Waals surface area contributed by atoms with Gasteiger partial charge in [-0.3, -0.25) is 9.59 Å². The summed E-state index contributed by atoms with van der Waals surface area (Å²) in [5.41, 5.74) is 4.80. The number of nitrogens with zero attached hydrogens (tertiary/aromatic N) is 1. The van der Waals surface area contributed by atoms with Crippen LogP contribution >= 0.6 is 0 Å². The highest BCUT2D eigenvalue weighted by Crippen LogP contribution is 2.42. The van der Waals surface area contributed by atoms with Crippen LogP contribution in [0.25, 0.3) is 22.0 Å². The first-order valence-electron chi connectivity index (χ1n) is 8.78. The third-order valence-corrected chi connectivity index (χ3v) is 5.15. The lowest BCUT2D eigenvalue weighted by atomic mass is 9.83. The summed E-state index contributed by atoms with van der Waals surface area (Å²) >= 11 is 0. The molecule has 0 amide bonds. The first kappa shape index (κ1) is 15.6. The number of rotatable bonds is 2. The Kier molecular flexibility index (Phi) is 3.28. The first-order valence-corrected chi connectivity index (χ1v) is 8.78. The summed E-state index contributed by atoms with van der Waals surface area (Å²) < 4.78 is 1.61. The summed E-state index contributed by atoms with van der Waals surface area (Å²) in [4.78, 5) is 26.3. The standard InChI is InChI=1S/C23H16N2O2/c1-25-18-13-7-12-17-19(18)20(15-10-5-6-11-16(15)22(17)26)21(23(25)27)24-14-8-3-2-4-9-14/h2-13,24H,1H3. The van der Waals surface area contributed by atoms with Gasteiger partial charge in [0.15, 0.2) is 5.78 Å². The first-order chi connectivity index (χ1) is 13.2. The molecule has 4 aromatic rings. The SMILES string of the molecule is Cn1c(=O)c(Nc2ccccc2)c2c3c(cccc31)C(=O)c1ccccc1-2. The van der Waals surface area contributed by atoms with E-state index in [9.17, 15) is 9.59 Å². The zero-order chi connectivity index (χ0) is 18.5. The van der Waals surface area contributed by atoms with Crippen LogP contribution in [-0.4, -0.2) is 10.4 Å². The van der Waals surface area contributed by atoms with E-state index in [0.717, 1.165) is 27.7 Å². The molecule has 1 N–H and O–H groups in total. The molecule has 1 aliphatic carbocycles. The van der Waals surface area contributed by atoms with Crippen LogP contribution in [0.2, 0.25) is 0 Å². The van der Waals surface area contributed by atoms with Crippen LogP contribution in [0.15, 0.2) is 77.6 Å². The van der Waals surface area contributed by atoms with Gasteiger partial charge in [0.05, 0.1) is 5.52 Å². The monoisotopic (exact) mass is 352 g/mol. The van der Waals surface area contributed by atoms with Gasteiger partial charge in [0.25, 0.3) is 5.56 Å². The highest BCUT2D eigenvalue weighted by atomic mass is 16.1. The molecule has 4 heteroatoms. The van der Waals surface area contributed by atoms with Crippen LogP contribution in [0.5, 0.6) is 0 Å². The third kappa shape index (κ3) is 2.16. The zero-order valence-corrected chi connectivity index (χ0v) is 14.7. The summed E-state index contributed by atoms with van der Waals surface area (Å²) in [7, 11) is 1.74. The van der Waals surface area contributed by atoms with E-state index in [2.05, 4.69) is 5.32 Å². The Labute approximate surface area is 155 Å². The van der Waals surface area contributed by atoms with E-state index in [-0.39, 0.29) is 11.3 Å². The van der Waals surface area contributed by atoms with Crippen LogP contribution in [0.4, 0.5) is 11.4 Å². The number of ketones is 1. The van der Waals surface area contributed by atoms with E-state index in [1.807, 2.05) is 72.8 Å². The zero-order valence-electron chi connectivity index (χ0n) is 14.7. The number of carbonyl (C=O) groups excluding carboxylic acids is 1. The number of pyridine rings is 1. The molecule has 1 aromatic heterocycles. The summed E-state index contributed by atoms with van der Waals surface area (Å²) in [6, 6.07) is 22.6. The second kappa shape index (κ2) is 5.68. The van der Waals surface area contributed by atoms with Gasteiger partial charge in [-0.2, -0.15) is 0 Å². The van der Waals surface area contributed by atoms with Crippen LogP contribution in [-0.2, 0) is 7.05 Å². The third-order valence-electron chi connectivity index (χ3n) is 5.15. The van der Waals surface area contributed by atoms with Crippen molar-refractivity contribution in [1.82, 2.24) is 4.57 Å². The maximum atomic E-state index is 13.2. The van der Waals surface area contributed by atoms with Crippen molar-refractivity contribution in [3.8, 4) is 11.1 Å². The second-order valence-electron chi connectivity index (χ2n) is 6.68. The second-order valence-corrected chi connectivity index (χ2v) is 6.68. The van der Waals surface area contributed by atoms with Crippen molar-refractivity contribution in [2.45, 2.75) is 0 Å². The van der Waals surface area contributed by atoms with Gasteiger partial charge in [-0.15, -0.1) is 0 Å². The van der Waals surface area contributed by atoms with Gasteiger partial charge in [0.2, 0.25) is 0 Å². The topological polar surface area (TPSA) is 51.1 Å². The molecule has 0 bridgehead atoms. The lowest BCUT2D eigenvalue weighted by Gasteiger charge is -2.24. The molecule has 5 rings (SSSR count). The van der Waals surface area contributed by atoms with Crippen molar-refractivity contribution < 1.29 is 4.79 Å². The van der Waals surface area contributed by atoms with E-state index >= 15 is 0 Å². The van der Waals surface area contributed by atoms with Crippen molar-refractivity contribution in [3.05, 3.63) is 94.3 Å². The average Bonchev–Trinajstić information content (AvgIpc) is 2.72. The Hall–Kier alpha value is -3.66. The van der Waals surface area contributed by atoms with Gasteiger partial charge in [0.1, 0.15) is 5.69 Å². The molecule has 4 nitrogen and oxygen atoms in total. The predicted octanol–water partition coefficient (Wildman–Crippen LogP) is 4.49. The molecule has 3 aromatic carbocycles. The molecule has 0 aliphatic heterocycles. The number of anilines is 2. The Bertz CT molecular complexity index is 1290. The Morgan fingerprint density at radius 3 is 2.19 bits per heavy atom. The Morgan fingerprint density at radius 2 is 1.41 bits per heavy atom. The number of aromatic nitrogens is 1. The highest BCUT2D eigenvalue weighted by Gasteiger charge is 2.29. The molecule has 0 unspecified atom stereocenters. The van der Waals surface area contributed by atoms with Gasteiger partial charge in [0, 0.05) is 34.8 Å². The summed E-state index contributed by atoms with van der Waals surface area (Å²) in [6.07, 6.45) is 0. The van der Waals surface area contributed by atoms with E-state index in [0.29, 0.717) is 16.8 Å². The molecule has 0 spiro atoms. The maximum absolute atomic E-state index is 13.2. The Morgan fingerprint density at radius 1 is 0.741 bits per heavy atom. The molecule has 0 saturated carbocycles. The number of benzene rings is 3. The van der Waals surface area contributed by atoms with Crippen LogP contribution < -0.4 is 10.9 Å². The molecule has 27 heavy (non-hydrogen) atoms. The minimum Gasteiger partial charge on any atom is -0.350 e. The van der Waals surface area contributed by atoms with Gasteiger partial charge in [-0.05, 0) is 23.8 Å². The molecule has 0 radical (unpaired) electrons. The molecule has 1 heterocycles. The van der Waals surface area contributed by atoms with Gasteiger partial charge in [-0.25, -0.2) is 0 Å². The van der Waals surface area contributed by atoms with E-state index in [4.69, 9.17) is 0 Å². The Balaban J connectivity index is 1.95. The van der Waals surface area contributed by atoms with Gasteiger partial charge in [-0.1, -0.05) is 54.6 Å². The fourth-order valence-corrected chi connectivity index (χ4v) is 3.88. The summed E-state index contributed by atoms with van der Waals surface area (Å²) in [5, 5.41) is 4.12. The lowest BCUT2D eigenvalue weighted by Crippen LogP contribution is -2.24. The number of para-hydroxylation sites is 1. The molecule has 130 valence electrons. The smallest absolute Gasteiger partial charge is 0.275 e. The molecule has 0 fully saturated rings. The van der Waals surface area contributed by atoms with E-state index in [1.54, 1.807) is 11.6 Å². The predicted molar refractivity (Wildman–Crippen MR) is 108 cm³/mol. The van der Waals surface area contributed by atoms with Crippen molar-refractivity contribution >= 4 is 28.1 Å². The molecule has 1 aliphatic rings. The van der Waals surface area contributed by atoms with Crippen molar-refractivity contribution in [1.29, 1.82) is 0 Å². The lowest BCUT2D eigenvalue weighted by molar-refractivity contribution is 0.104. The maximum Gasteiger partial charge on any atom is 0.275 e. The number of fused-ring (bicyclic) bond motifs is 2. The van der Waals surface area contributed by atoms with E-state index < -0.39 is 0 Å². The summed E-state index contributed by atoms with van der Waals surface area (Å²) in [5.74, 6) is -0.00647. The number of carbonyl (C=O) groups is 1. The van der Waals surface area contributed by atoms with Crippen molar-refractivity contribution in [3.63, 3.8) is 0 Å². The minimum atomic E-state index is -0.123. The largest absolute Gasteiger partial charge is 0.350 e. The fraction of sp³-hybridized carbons (Fsp3) is 0.0435. The molecule has 0 saturated heterocycles. The molecule has 0 atom stereocenters. The average molecular weight is 352 g/mol. The molecular weight excluding hydrogens is 336 g/mol. The number of hydrogen-bond acceptors (Lipinski definition) is 3. The van der Waals surface area contributed by atoms with Gasteiger partial charge < -0.3 is 9.88 Å². The quantitative estimate of drug-likeness (QED) is 0.509. The fourth-order valence-electron chi connectivity index (χ4n) is 3.88. The van der Waals surface area contributed by atoms with Crippen LogP contribution in [0.1, 0.15) is 15.9 Å². The van der Waals surface area contributed by atoms with Crippen molar-refractivity contribution in [2.75, 3.05) is 5.32 Å². The van der Waals surface area contributed by atoms with Crippen LogP contribution in [0, 0.1) is 0 Å². The van der Waals surface area contributed by atoms with Crippen LogP contribution in [0.3, 0.4) is 0 Å². The molecular formula is C23H16N2O2. The highest BCUT2D eigenvalue weighted by molar-refractivity contribution is 6.27. The number of hydrogen-bond donors (Lipinski definition) is 1. The van der Waals surface area contributed by atoms with E-state index in [1.165, 1.54) is 0 Å². The minimum absolute atomic E-state index is 0.00647. The number of nitrogens with one attached hydrogen (secondary N) is 1. The van der Waals surface area contributed by atoms with Gasteiger partial charge >= 0.3 is 0 Å². The van der Waals surface area contributed by atoms with Crippen molar-refractivity contribution in [2.24, 2.45) is 7.05 Å². The normalized spacial score (nSPS) is 12.1. The number of aryl methyl sites for hydroxylation is 1. The summed E-state index contributed by atoms with van der Waals surface area (Å²) in [6.45, 7) is 0.